The van der Waals surface area contributed by atoms with E-state index >= 15 is 0 Å². The molecule has 0 amide bonds. The summed E-state index contributed by atoms with van der Waals surface area (Å²) in [6.45, 7) is 2.34. The van der Waals surface area contributed by atoms with Crippen LogP contribution in [0.2, 0.25) is 0 Å². The Morgan fingerprint density at radius 2 is 1.84 bits per heavy atom. The fourth-order valence-corrected chi connectivity index (χ4v) is 2.85. The second kappa shape index (κ2) is 8.37. The Bertz CT molecular complexity index is 847. The maximum Gasteiger partial charge on any atom is 0.134 e. The van der Waals surface area contributed by atoms with Crippen LogP contribution in [0.5, 0.6) is 0 Å². The van der Waals surface area contributed by atoms with Crippen LogP contribution in [-0.2, 0) is 19.8 Å². The molecule has 0 saturated carbocycles. The van der Waals surface area contributed by atoms with E-state index in [0.717, 1.165) is 0 Å². The minimum absolute atomic E-state index is 0.269. The zero-order valence-corrected chi connectivity index (χ0v) is 13.5. The van der Waals surface area contributed by atoms with Crippen LogP contribution in [0.25, 0.3) is 17.2 Å². The Morgan fingerprint density at radius 1 is 1.12 bits per heavy atom. The fourth-order valence-electron chi connectivity index (χ4n) is 2.85. The third kappa shape index (κ3) is 3.38. The van der Waals surface area contributed by atoms with Crippen molar-refractivity contribution in [3.8, 4) is 17.2 Å². The molecule has 2 aromatic rings. The molecule has 0 aliphatic heterocycles. The van der Waals surface area contributed by atoms with Crippen molar-refractivity contribution in [2.75, 3.05) is 6.73 Å². The number of nitrogens with zero attached hydrogens (tertiary/aromatic N) is 2. The summed E-state index contributed by atoms with van der Waals surface area (Å²) in [5.74, 6) is 0. The monoisotopic (exact) mass is 341 g/mol. The average Bonchev–Trinajstić information content (AvgIpc) is 3.01. The Hall–Kier alpha value is -2.76. The minimum atomic E-state index is -0.415. The number of aliphatic hydroxyl groups excluding tert-OH is 4. The van der Waals surface area contributed by atoms with Crippen LogP contribution < -0.4 is 0 Å². The lowest BCUT2D eigenvalue weighted by atomic mass is 9.90. The third-order valence-electron chi connectivity index (χ3n) is 3.97. The van der Waals surface area contributed by atoms with Crippen LogP contribution in [0.3, 0.4) is 0 Å². The van der Waals surface area contributed by atoms with Gasteiger partial charge in [0.25, 0.3) is 0 Å². The number of aromatic nitrogens is 1. The molecule has 0 aliphatic carbocycles. The molecule has 7 heteroatoms. The molecule has 0 aliphatic rings. The van der Waals surface area contributed by atoms with E-state index in [9.17, 15) is 20.6 Å². The van der Waals surface area contributed by atoms with Crippen LogP contribution in [0, 0.1) is 11.3 Å². The molecule has 0 spiro atoms. The molecule has 0 unspecified atom stereocenters. The Kier molecular flexibility index (Phi) is 6.22. The van der Waals surface area contributed by atoms with Gasteiger partial charge in [-0.15, -0.1) is 0 Å². The molecule has 0 saturated heterocycles. The highest BCUT2D eigenvalue weighted by Gasteiger charge is 2.21. The van der Waals surface area contributed by atoms with Gasteiger partial charge in [0.05, 0.1) is 25.5 Å². The molecular weight excluding hydrogens is 322 g/mol. The standard InChI is InChI=1S/C18H19N3O4/c1-2-12-16(5-19)21-17(6-20-10-25)18(12)13-4-3-11(7-22)14(8-23)15(13)9-24/h2-4,6,21-25H,1,7-10H2/b20-6+. The van der Waals surface area contributed by atoms with Gasteiger partial charge in [-0.3, -0.25) is 4.99 Å². The summed E-state index contributed by atoms with van der Waals surface area (Å²) in [4.78, 5) is 6.70. The second-order valence-corrected chi connectivity index (χ2v) is 5.18. The Morgan fingerprint density at radius 3 is 2.36 bits per heavy atom. The number of rotatable bonds is 7. The second-order valence-electron chi connectivity index (χ2n) is 5.18. The van der Waals surface area contributed by atoms with Gasteiger partial charge in [-0.2, -0.15) is 5.26 Å². The maximum atomic E-state index is 9.84. The van der Waals surface area contributed by atoms with Crippen molar-refractivity contribution in [1.82, 2.24) is 4.98 Å². The number of aromatic amines is 1. The van der Waals surface area contributed by atoms with Gasteiger partial charge in [0, 0.05) is 17.3 Å². The molecule has 0 fully saturated rings. The smallest absolute Gasteiger partial charge is 0.134 e. The topological polar surface area (TPSA) is 133 Å². The van der Waals surface area contributed by atoms with E-state index in [1.807, 2.05) is 6.07 Å². The highest BCUT2D eigenvalue weighted by Crippen LogP contribution is 2.35. The number of H-pyrrole nitrogens is 1. The summed E-state index contributed by atoms with van der Waals surface area (Å²) < 4.78 is 0. The fraction of sp³-hybridized carbons (Fsp3) is 0.222. The number of nitriles is 1. The van der Waals surface area contributed by atoms with Gasteiger partial charge in [-0.25, -0.2) is 0 Å². The van der Waals surface area contributed by atoms with E-state index in [1.165, 1.54) is 12.3 Å². The van der Waals surface area contributed by atoms with Crippen molar-refractivity contribution in [2.45, 2.75) is 19.8 Å². The van der Waals surface area contributed by atoms with Gasteiger partial charge in [-0.1, -0.05) is 24.8 Å². The molecule has 0 bridgehead atoms. The Labute approximate surface area is 144 Å². The van der Waals surface area contributed by atoms with Crippen molar-refractivity contribution >= 4 is 12.3 Å². The molecule has 1 heterocycles. The number of aliphatic imine (C=N–C) groups is 1. The lowest BCUT2D eigenvalue weighted by Crippen LogP contribution is -2.04. The Balaban J connectivity index is 2.86. The predicted molar refractivity (Wildman–Crippen MR) is 93.5 cm³/mol. The van der Waals surface area contributed by atoms with E-state index in [2.05, 4.69) is 16.6 Å². The van der Waals surface area contributed by atoms with Crippen LogP contribution in [-0.4, -0.2) is 38.4 Å². The molecule has 5 N–H and O–H groups in total. The van der Waals surface area contributed by atoms with Crippen LogP contribution >= 0.6 is 0 Å². The molecule has 7 nitrogen and oxygen atoms in total. The van der Waals surface area contributed by atoms with Crippen LogP contribution in [0.15, 0.2) is 23.7 Å². The highest BCUT2D eigenvalue weighted by molar-refractivity contribution is 5.95. The minimum Gasteiger partial charge on any atom is -0.392 e. The van der Waals surface area contributed by atoms with Gasteiger partial charge in [0.1, 0.15) is 18.5 Å². The molecular formula is C18H19N3O4. The quantitative estimate of drug-likeness (QED) is 0.480. The van der Waals surface area contributed by atoms with Gasteiger partial charge >= 0.3 is 0 Å². The molecule has 2 rings (SSSR count). The SMILES string of the molecule is C=Cc1c(C#N)[nH]c(/C=N/CO)c1-c1ccc(CO)c(CO)c1CO. The first-order chi connectivity index (χ1) is 12.2. The number of aliphatic hydroxyl groups is 4. The molecule has 1 aromatic carbocycles. The van der Waals surface area contributed by atoms with Crippen molar-refractivity contribution in [2.24, 2.45) is 4.99 Å². The largest absolute Gasteiger partial charge is 0.392 e. The van der Waals surface area contributed by atoms with E-state index in [1.54, 1.807) is 12.1 Å². The molecule has 0 radical (unpaired) electrons. The predicted octanol–water partition coefficient (Wildman–Crippen LogP) is 1.04. The zero-order chi connectivity index (χ0) is 18.4. The molecule has 0 atom stereocenters. The normalized spacial score (nSPS) is 11.0. The molecule has 130 valence electrons. The lowest BCUT2D eigenvalue weighted by Gasteiger charge is -2.16. The third-order valence-corrected chi connectivity index (χ3v) is 3.97. The van der Waals surface area contributed by atoms with Gasteiger partial charge in [0.15, 0.2) is 0 Å². The molecule has 1 aromatic heterocycles. The first-order valence-corrected chi connectivity index (χ1v) is 7.52. The van der Waals surface area contributed by atoms with E-state index in [-0.39, 0.29) is 25.5 Å². The summed E-state index contributed by atoms with van der Waals surface area (Å²) in [6.07, 6.45) is 2.91. The van der Waals surface area contributed by atoms with Crippen molar-refractivity contribution in [3.05, 3.63) is 52.4 Å². The first-order valence-electron chi connectivity index (χ1n) is 7.52. The first kappa shape index (κ1) is 18.6. The van der Waals surface area contributed by atoms with Crippen LogP contribution in [0.4, 0.5) is 0 Å². The maximum absolute atomic E-state index is 9.84. The summed E-state index contributed by atoms with van der Waals surface area (Å²) in [5.41, 5.74) is 3.81. The van der Waals surface area contributed by atoms with Crippen molar-refractivity contribution in [1.29, 1.82) is 5.26 Å². The van der Waals surface area contributed by atoms with Crippen LogP contribution in [0.1, 0.15) is 33.6 Å². The van der Waals surface area contributed by atoms with Gasteiger partial charge in [0.2, 0.25) is 0 Å². The van der Waals surface area contributed by atoms with E-state index in [4.69, 9.17) is 5.11 Å². The number of nitrogens with one attached hydrogen (secondary N) is 1. The summed E-state index contributed by atoms with van der Waals surface area (Å²) in [7, 11) is 0. The number of hydrogen-bond donors (Lipinski definition) is 5. The molecule has 25 heavy (non-hydrogen) atoms. The van der Waals surface area contributed by atoms with Crippen molar-refractivity contribution < 1.29 is 20.4 Å². The summed E-state index contributed by atoms with van der Waals surface area (Å²) in [5, 5.41) is 47.2. The number of benzene rings is 1. The zero-order valence-electron chi connectivity index (χ0n) is 13.5. The summed E-state index contributed by atoms with van der Waals surface area (Å²) in [6, 6.07) is 5.39. The van der Waals surface area contributed by atoms with E-state index < -0.39 is 6.73 Å². The van der Waals surface area contributed by atoms with E-state index in [0.29, 0.717) is 39.1 Å². The van der Waals surface area contributed by atoms with Crippen molar-refractivity contribution in [3.63, 3.8) is 0 Å². The number of hydrogen-bond acceptors (Lipinski definition) is 6. The van der Waals surface area contributed by atoms with Gasteiger partial charge in [-0.05, 0) is 22.3 Å². The average molecular weight is 341 g/mol. The lowest BCUT2D eigenvalue weighted by molar-refractivity contribution is 0.248. The van der Waals surface area contributed by atoms with Gasteiger partial charge < -0.3 is 25.4 Å². The highest BCUT2D eigenvalue weighted by atomic mass is 16.3. The summed E-state index contributed by atoms with van der Waals surface area (Å²) >= 11 is 0.